The Bertz CT molecular complexity index is 818. The van der Waals surface area contributed by atoms with Crippen LogP contribution >= 0.6 is 34.5 Å². The molecule has 3 rings (SSSR count). The number of halogens is 2. The lowest BCUT2D eigenvalue weighted by Gasteiger charge is -2.07. The fraction of sp³-hybridized carbons (Fsp3) is 0.133. The Morgan fingerprint density at radius 3 is 2.96 bits per heavy atom. The largest absolute Gasteiger partial charge is 0.339 e. The lowest BCUT2D eigenvalue weighted by molar-refractivity contribution is -0.116. The molecule has 0 radical (unpaired) electrons. The van der Waals surface area contributed by atoms with Crippen molar-refractivity contribution in [1.82, 2.24) is 10.1 Å². The maximum atomic E-state index is 12.0. The van der Waals surface area contributed by atoms with Crippen LogP contribution in [-0.4, -0.2) is 16.0 Å². The van der Waals surface area contributed by atoms with Gasteiger partial charge in [0, 0.05) is 23.8 Å². The van der Waals surface area contributed by atoms with Crippen molar-refractivity contribution in [3.05, 3.63) is 51.0 Å². The van der Waals surface area contributed by atoms with E-state index in [4.69, 9.17) is 27.7 Å². The van der Waals surface area contributed by atoms with E-state index in [-0.39, 0.29) is 12.3 Å². The van der Waals surface area contributed by atoms with Crippen LogP contribution in [0.1, 0.15) is 12.3 Å². The Balaban J connectivity index is 1.58. The quantitative estimate of drug-likeness (QED) is 0.710. The van der Waals surface area contributed by atoms with Crippen molar-refractivity contribution in [3.63, 3.8) is 0 Å². The Morgan fingerprint density at radius 1 is 1.30 bits per heavy atom. The molecule has 23 heavy (non-hydrogen) atoms. The topological polar surface area (TPSA) is 68.0 Å². The number of amides is 1. The number of benzene rings is 1. The summed E-state index contributed by atoms with van der Waals surface area (Å²) in [5, 5.41) is 11.2. The van der Waals surface area contributed by atoms with Gasteiger partial charge in [0.15, 0.2) is 0 Å². The first-order valence-electron chi connectivity index (χ1n) is 6.72. The lowest BCUT2D eigenvalue weighted by Crippen LogP contribution is -2.12. The second-order valence-electron chi connectivity index (χ2n) is 4.67. The molecule has 0 saturated heterocycles. The molecular formula is C15H11Cl2N3O2S. The number of hydrogen-bond acceptors (Lipinski definition) is 5. The summed E-state index contributed by atoms with van der Waals surface area (Å²) in [6.45, 7) is 0. The van der Waals surface area contributed by atoms with Crippen molar-refractivity contribution in [2.45, 2.75) is 12.8 Å². The Hall–Kier alpha value is -1.89. The number of nitrogens with zero attached hydrogens (tertiary/aromatic N) is 2. The zero-order valence-electron chi connectivity index (χ0n) is 11.8. The molecule has 0 atom stereocenters. The van der Waals surface area contributed by atoms with Crippen LogP contribution in [0, 0.1) is 0 Å². The van der Waals surface area contributed by atoms with E-state index in [0.717, 1.165) is 5.56 Å². The summed E-state index contributed by atoms with van der Waals surface area (Å²) in [6, 6.07) is 6.97. The fourth-order valence-corrected chi connectivity index (χ4v) is 2.88. The van der Waals surface area contributed by atoms with Crippen LogP contribution in [0.4, 0.5) is 5.69 Å². The lowest BCUT2D eigenvalue weighted by atomic mass is 10.2. The first kappa shape index (κ1) is 16.0. The second-order valence-corrected chi connectivity index (χ2v) is 6.24. The first-order chi connectivity index (χ1) is 11.1. The number of anilines is 1. The summed E-state index contributed by atoms with van der Waals surface area (Å²) in [5.74, 6) is 0.738. The van der Waals surface area contributed by atoms with Crippen LogP contribution in [0.15, 0.2) is 39.5 Å². The molecular weight excluding hydrogens is 357 g/mol. The smallest absolute Gasteiger partial charge is 0.227 e. The standard InChI is InChI=1S/C15H11Cl2N3O2S/c16-10-2-1-3-11(14(10)17)18-12(21)4-5-13-19-15(20-22-13)9-6-7-23-8-9/h1-3,6-8H,4-5H2,(H,18,21). The summed E-state index contributed by atoms with van der Waals surface area (Å²) < 4.78 is 5.15. The predicted octanol–water partition coefficient (Wildman–Crippen LogP) is 4.68. The van der Waals surface area contributed by atoms with Crippen LogP contribution in [-0.2, 0) is 11.2 Å². The third-order valence-electron chi connectivity index (χ3n) is 3.04. The minimum Gasteiger partial charge on any atom is -0.339 e. The summed E-state index contributed by atoms with van der Waals surface area (Å²) in [4.78, 5) is 16.2. The van der Waals surface area contributed by atoms with Gasteiger partial charge >= 0.3 is 0 Å². The molecule has 0 aliphatic carbocycles. The van der Waals surface area contributed by atoms with E-state index in [1.807, 2.05) is 16.8 Å². The van der Waals surface area contributed by atoms with Crippen molar-refractivity contribution in [3.8, 4) is 11.4 Å². The number of thiophene rings is 1. The third-order valence-corrected chi connectivity index (χ3v) is 4.54. The van der Waals surface area contributed by atoms with E-state index < -0.39 is 0 Å². The van der Waals surface area contributed by atoms with E-state index in [9.17, 15) is 4.79 Å². The number of rotatable bonds is 5. The van der Waals surface area contributed by atoms with Gasteiger partial charge in [-0.1, -0.05) is 34.4 Å². The number of aromatic nitrogens is 2. The Labute approximate surface area is 146 Å². The zero-order chi connectivity index (χ0) is 16.2. The highest BCUT2D eigenvalue weighted by atomic mass is 35.5. The van der Waals surface area contributed by atoms with Gasteiger partial charge in [0.25, 0.3) is 0 Å². The van der Waals surface area contributed by atoms with Crippen molar-refractivity contribution in [2.24, 2.45) is 0 Å². The third kappa shape index (κ3) is 3.90. The average molecular weight is 368 g/mol. The highest BCUT2D eigenvalue weighted by Gasteiger charge is 2.12. The maximum absolute atomic E-state index is 12.0. The Morgan fingerprint density at radius 2 is 2.17 bits per heavy atom. The number of carbonyl (C=O) groups is 1. The molecule has 0 fully saturated rings. The van der Waals surface area contributed by atoms with Crippen molar-refractivity contribution in [1.29, 1.82) is 0 Å². The summed E-state index contributed by atoms with van der Waals surface area (Å²) in [5.41, 5.74) is 1.38. The molecule has 5 nitrogen and oxygen atoms in total. The van der Waals surface area contributed by atoms with Crippen LogP contribution in [0.25, 0.3) is 11.4 Å². The van der Waals surface area contributed by atoms with Gasteiger partial charge in [0.2, 0.25) is 17.6 Å². The molecule has 3 aromatic rings. The first-order valence-corrected chi connectivity index (χ1v) is 8.42. The average Bonchev–Trinajstić information content (AvgIpc) is 3.20. The number of hydrogen-bond donors (Lipinski definition) is 1. The van der Waals surface area contributed by atoms with E-state index >= 15 is 0 Å². The fourth-order valence-electron chi connectivity index (χ4n) is 1.90. The van der Waals surface area contributed by atoms with E-state index in [1.54, 1.807) is 29.5 Å². The SMILES string of the molecule is O=C(CCc1nc(-c2ccsc2)no1)Nc1cccc(Cl)c1Cl. The van der Waals surface area contributed by atoms with Gasteiger partial charge in [-0.05, 0) is 23.6 Å². The molecule has 8 heteroatoms. The minimum atomic E-state index is -0.204. The predicted molar refractivity (Wildman–Crippen MR) is 91.0 cm³/mol. The van der Waals surface area contributed by atoms with Crippen molar-refractivity contribution in [2.75, 3.05) is 5.32 Å². The molecule has 0 aliphatic heterocycles. The van der Waals surface area contributed by atoms with E-state index in [2.05, 4.69) is 15.5 Å². The number of aryl methyl sites for hydroxylation is 1. The van der Waals surface area contributed by atoms with Crippen molar-refractivity contribution < 1.29 is 9.32 Å². The second kappa shape index (κ2) is 7.12. The van der Waals surface area contributed by atoms with Crippen molar-refractivity contribution >= 4 is 46.1 Å². The number of nitrogens with one attached hydrogen (secondary N) is 1. The monoisotopic (exact) mass is 367 g/mol. The van der Waals surface area contributed by atoms with Crippen LogP contribution in [0.2, 0.25) is 10.0 Å². The maximum Gasteiger partial charge on any atom is 0.227 e. The van der Waals surface area contributed by atoms with Gasteiger partial charge < -0.3 is 9.84 Å². The van der Waals surface area contributed by atoms with Crippen LogP contribution in [0.3, 0.4) is 0 Å². The van der Waals surface area contributed by atoms with Crippen LogP contribution < -0.4 is 5.32 Å². The summed E-state index contributed by atoms with van der Waals surface area (Å²) in [7, 11) is 0. The van der Waals surface area contributed by atoms with Gasteiger partial charge in [-0.3, -0.25) is 4.79 Å². The molecule has 1 amide bonds. The minimum absolute atomic E-state index is 0.202. The van der Waals surface area contributed by atoms with Gasteiger partial charge in [0.05, 0.1) is 15.7 Å². The summed E-state index contributed by atoms with van der Waals surface area (Å²) in [6.07, 6.45) is 0.551. The molecule has 0 aliphatic rings. The molecule has 2 heterocycles. The molecule has 1 N–H and O–H groups in total. The molecule has 118 valence electrons. The van der Waals surface area contributed by atoms with Gasteiger partial charge in [-0.15, -0.1) is 0 Å². The highest BCUT2D eigenvalue weighted by Crippen LogP contribution is 2.29. The molecule has 0 spiro atoms. The molecule has 2 aromatic heterocycles. The van der Waals surface area contributed by atoms with Crippen LogP contribution in [0.5, 0.6) is 0 Å². The Kier molecular flexibility index (Phi) is 4.95. The summed E-state index contributed by atoms with van der Waals surface area (Å²) >= 11 is 13.5. The molecule has 0 saturated carbocycles. The van der Waals surface area contributed by atoms with Gasteiger partial charge in [-0.2, -0.15) is 16.3 Å². The van der Waals surface area contributed by atoms with Gasteiger partial charge in [-0.25, -0.2) is 0 Å². The highest BCUT2D eigenvalue weighted by molar-refractivity contribution is 7.08. The number of carbonyl (C=O) groups excluding carboxylic acids is 1. The normalized spacial score (nSPS) is 10.7. The van der Waals surface area contributed by atoms with Gasteiger partial charge in [0.1, 0.15) is 0 Å². The molecule has 1 aromatic carbocycles. The van der Waals surface area contributed by atoms with E-state index in [0.29, 0.717) is 33.9 Å². The molecule has 0 bridgehead atoms. The zero-order valence-corrected chi connectivity index (χ0v) is 14.1. The van der Waals surface area contributed by atoms with E-state index in [1.165, 1.54) is 0 Å². The molecule has 0 unspecified atom stereocenters.